The van der Waals surface area contributed by atoms with Crippen molar-refractivity contribution in [3.63, 3.8) is 0 Å². The van der Waals surface area contributed by atoms with Crippen LogP contribution in [-0.2, 0) is 0 Å². The first-order valence-electron chi connectivity index (χ1n) is 8.50. The van der Waals surface area contributed by atoms with E-state index in [1.807, 2.05) is 46.4 Å². The van der Waals surface area contributed by atoms with Crippen LogP contribution >= 0.6 is 22.2 Å². The zero-order valence-corrected chi connectivity index (χ0v) is 18.1. The third kappa shape index (κ3) is 12.4. The van der Waals surface area contributed by atoms with Crippen molar-refractivity contribution in [3.05, 3.63) is 54.6 Å². The van der Waals surface area contributed by atoms with E-state index in [0.29, 0.717) is 0 Å². The Bertz CT molecular complexity index is 474. The quantitative estimate of drug-likeness (QED) is 0.304. The summed E-state index contributed by atoms with van der Waals surface area (Å²) in [6.45, 7) is 16.8. The highest BCUT2D eigenvalue weighted by molar-refractivity contribution is 8.34. The molecule has 0 aliphatic carbocycles. The number of thioether (sulfide) groups is 1. The lowest BCUT2D eigenvalue weighted by Gasteiger charge is -2.20. The largest absolute Gasteiger partial charge is 0.144 e. The topological polar surface area (TPSA) is 0 Å². The highest BCUT2D eigenvalue weighted by atomic mass is 32.2. The highest BCUT2D eigenvalue weighted by Crippen LogP contribution is 2.34. The van der Waals surface area contributed by atoms with Gasteiger partial charge < -0.3 is 0 Å². The molecule has 1 aromatic rings. The lowest BCUT2D eigenvalue weighted by Crippen LogP contribution is -2.10. The van der Waals surface area contributed by atoms with Crippen molar-refractivity contribution in [1.82, 2.24) is 0 Å². The standard InChI is InChI=1S/C17H24S2.2C2H6/c1-6-7-9-14-16(18-17(2,3)4)19(5)15-12-10-8-11-13-15;2*1-2/h6-14H,1-5H3;2*1-2H3/b7-6-,14-9-;;. The second-order valence-corrected chi connectivity index (χ2v) is 9.30. The van der Waals surface area contributed by atoms with E-state index in [9.17, 15) is 0 Å². The van der Waals surface area contributed by atoms with E-state index in [0.717, 1.165) is 0 Å². The molecule has 0 saturated carbocycles. The Balaban J connectivity index is 0. The van der Waals surface area contributed by atoms with Gasteiger partial charge in [0.25, 0.3) is 0 Å². The minimum atomic E-state index is 0.138. The van der Waals surface area contributed by atoms with Gasteiger partial charge >= 0.3 is 0 Å². The van der Waals surface area contributed by atoms with Gasteiger partial charge in [0.2, 0.25) is 0 Å². The van der Waals surface area contributed by atoms with Crippen molar-refractivity contribution in [2.75, 3.05) is 6.26 Å². The van der Waals surface area contributed by atoms with E-state index in [-0.39, 0.29) is 15.2 Å². The van der Waals surface area contributed by atoms with Gasteiger partial charge in [-0.25, -0.2) is 0 Å². The summed E-state index contributed by atoms with van der Waals surface area (Å²) in [7, 11) is 0.138. The Hall–Kier alpha value is -0.730. The summed E-state index contributed by atoms with van der Waals surface area (Å²) in [5.74, 6) is 0. The molecule has 0 radical (unpaired) electrons. The van der Waals surface area contributed by atoms with E-state index in [1.54, 1.807) is 0 Å². The van der Waals surface area contributed by atoms with E-state index in [4.69, 9.17) is 0 Å². The molecule has 0 aliphatic rings. The molecule has 23 heavy (non-hydrogen) atoms. The lowest BCUT2D eigenvalue weighted by atomic mass is 10.3. The third-order valence-corrected chi connectivity index (χ3v) is 6.01. The summed E-state index contributed by atoms with van der Waals surface area (Å²) in [5, 5.41) is 0. The maximum Gasteiger partial charge on any atom is 0.0355 e. The van der Waals surface area contributed by atoms with Gasteiger partial charge in [0.1, 0.15) is 0 Å². The molecule has 0 aliphatic heterocycles. The van der Waals surface area contributed by atoms with E-state index in [2.05, 4.69) is 81.7 Å². The molecule has 1 rings (SSSR count). The van der Waals surface area contributed by atoms with Crippen molar-refractivity contribution in [1.29, 1.82) is 0 Å². The summed E-state index contributed by atoms with van der Waals surface area (Å²) in [6.07, 6.45) is 10.9. The van der Waals surface area contributed by atoms with Gasteiger partial charge in [0.05, 0.1) is 0 Å². The maximum absolute atomic E-state index is 2.31. The molecule has 1 aromatic carbocycles. The summed E-state index contributed by atoms with van der Waals surface area (Å²) in [4.78, 5) is 1.40. The van der Waals surface area contributed by atoms with Gasteiger partial charge in [-0.15, -0.1) is 22.2 Å². The van der Waals surface area contributed by atoms with Gasteiger partial charge in [-0.3, -0.25) is 0 Å². The van der Waals surface area contributed by atoms with Crippen LogP contribution < -0.4 is 0 Å². The number of benzene rings is 1. The van der Waals surface area contributed by atoms with E-state index >= 15 is 0 Å². The molecular weight excluding hydrogens is 316 g/mol. The molecule has 0 saturated heterocycles. The molecule has 0 amide bonds. The van der Waals surface area contributed by atoms with Crippen LogP contribution in [0.1, 0.15) is 55.4 Å². The molecule has 0 aromatic heterocycles. The molecule has 0 N–H and O–H groups in total. The van der Waals surface area contributed by atoms with Crippen molar-refractivity contribution >= 4 is 26.4 Å². The van der Waals surface area contributed by atoms with Crippen LogP contribution in [0.25, 0.3) is 0 Å². The van der Waals surface area contributed by atoms with Gasteiger partial charge in [-0.2, -0.15) is 0 Å². The first-order valence-corrected chi connectivity index (χ1v) is 11.0. The Morgan fingerprint density at radius 1 is 0.957 bits per heavy atom. The average Bonchev–Trinajstić information content (AvgIpc) is 2.57. The van der Waals surface area contributed by atoms with Crippen molar-refractivity contribution in [3.8, 4) is 0 Å². The first kappa shape index (κ1) is 24.5. The van der Waals surface area contributed by atoms with Crippen LogP contribution in [-0.4, -0.2) is 15.2 Å². The van der Waals surface area contributed by atoms with Crippen LogP contribution in [0.3, 0.4) is 0 Å². The molecule has 0 bridgehead atoms. The molecule has 1 unspecified atom stereocenters. The zero-order valence-electron chi connectivity index (χ0n) is 16.5. The van der Waals surface area contributed by atoms with Crippen molar-refractivity contribution in [2.24, 2.45) is 0 Å². The van der Waals surface area contributed by atoms with Gasteiger partial charge in [0, 0.05) is 13.8 Å². The Labute approximate surface area is 152 Å². The SMILES string of the molecule is CC.CC.C\C=C/C=C\C(SC(C)(C)C)=S(/C)c1ccccc1. The Morgan fingerprint density at radius 3 is 1.91 bits per heavy atom. The molecular formula is C21H36S2. The molecule has 0 spiro atoms. The zero-order chi connectivity index (χ0) is 18.3. The monoisotopic (exact) mass is 352 g/mol. The summed E-state index contributed by atoms with van der Waals surface area (Å²) in [6, 6.07) is 10.8. The molecule has 132 valence electrons. The van der Waals surface area contributed by atoms with Crippen LogP contribution in [0, 0.1) is 0 Å². The summed E-state index contributed by atoms with van der Waals surface area (Å²) in [5.41, 5.74) is 0. The van der Waals surface area contributed by atoms with Crippen LogP contribution in [0.15, 0.2) is 59.5 Å². The van der Waals surface area contributed by atoms with Gasteiger partial charge in [-0.1, -0.05) is 84.9 Å². The average molecular weight is 353 g/mol. The second-order valence-electron chi connectivity index (χ2n) is 5.24. The smallest absolute Gasteiger partial charge is 0.0355 e. The van der Waals surface area contributed by atoms with Gasteiger partial charge in [0.15, 0.2) is 0 Å². The highest BCUT2D eigenvalue weighted by Gasteiger charge is 2.14. The Morgan fingerprint density at radius 2 is 1.48 bits per heavy atom. The summed E-state index contributed by atoms with van der Waals surface area (Å²) < 4.78 is 1.68. The number of hydrogen-bond acceptors (Lipinski definition) is 1. The van der Waals surface area contributed by atoms with Crippen molar-refractivity contribution < 1.29 is 0 Å². The van der Waals surface area contributed by atoms with Crippen LogP contribution in [0.5, 0.6) is 0 Å². The number of hydrogen-bond donors (Lipinski definition) is 0. The fourth-order valence-electron chi connectivity index (χ4n) is 1.49. The fourth-order valence-corrected chi connectivity index (χ4v) is 4.86. The predicted molar refractivity (Wildman–Crippen MR) is 117 cm³/mol. The molecule has 0 heterocycles. The maximum atomic E-state index is 2.31. The normalized spacial score (nSPS) is 13.0. The van der Waals surface area contributed by atoms with Crippen molar-refractivity contribution in [2.45, 2.75) is 65.0 Å². The van der Waals surface area contributed by atoms with Gasteiger partial charge in [-0.05, 0) is 31.4 Å². The first-order chi connectivity index (χ1) is 10.9. The molecule has 0 fully saturated rings. The molecule has 1 atom stereocenters. The molecule has 2 heteroatoms. The number of allylic oxidation sites excluding steroid dienone is 3. The fraction of sp³-hybridized carbons (Fsp3) is 0.476. The minimum absolute atomic E-state index is 0.138. The second kappa shape index (κ2) is 14.8. The van der Waals surface area contributed by atoms with E-state index < -0.39 is 0 Å². The Kier molecular flexibility index (Phi) is 15.8. The summed E-state index contributed by atoms with van der Waals surface area (Å²) >= 11 is 1.96. The molecule has 0 nitrogen and oxygen atoms in total. The van der Waals surface area contributed by atoms with Crippen LogP contribution in [0.2, 0.25) is 0 Å². The van der Waals surface area contributed by atoms with Crippen LogP contribution in [0.4, 0.5) is 0 Å². The minimum Gasteiger partial charge on any atom is -0.144 e. The third-order valence-electron chi connectivity index (χ3n) is 2.34. The number of rotatable bonds is 3. The lowest BCUT2D eigenvalue weighted by molar-refractivity contribution is 0.809. The predicted octanol–water partition coefficient (Wildman–Crippen LogP) is 7.79. The van der Waals surface area contributed by atoms with E-state index in [1.165, 1.54) is 9.09 Å².